The van der Waals surface area contributed by atoms with Crippen molar-refractivity contribution in [1.29, 1.82) is 0 Å². The maximum atomic E-state index is 12.6. The number of aromatic nitrogens is 1. The molecule has 4 heteroatoms. The van der Waals surface area contributed by atoms with Crippen LogP contribution in [0.4, 0.5) is 5.69 Å². The topological polar surface area (TPSA) is 33.2 Å². The van der Waals surface area contributed by atoms with Crippen LogP contribution in [-0.2, 0) is 17.6 Å². The molecule has 1 aromatic carbocycles. The molecule has 0 aliphatic carbocycles. The van der Waals surface area contributed by atoms with Gasteiger partial charge in [0, 0.05) is 23.5 Å². The molecule has 0 saturated carbocycles. The van der Waals surface area contributed by atoms with Gasteiger partial charge < -0.3 is 4.90 Å². The number of benzene rings is 1. The van der Waals surface area contributed by atoms with Gasteiger partial charge in [0.25, 0.3) is 0 Å². The maximum Gasteiger partial charge on any atom is 0.227 e. The highest BCUT2D eigenvalue weighted by molar-refractivity contribution is 7.11. The molecule has 0 bridgehead atoms. The number of carbonyl (C=O) groups is 1. The van der Waals surface area contributed by atoms with Crippen LogP contribution < -0.4 is 4.90 Å². The summed E-state index contributed by atoms with van der Waals surface area (Å²) in [6, 6.07) is 8.26. The highest BCUT2D eigenvalue weighted by Crippen LogP contribution is 2.28. The highest BCUT2D eigenvalue weighted by atomic mass is 32.1. The van der Waals surface area contributed by atoms with E-state index in [0.717, 1.165) is 42.2 Å². The summed E-state index contributed by atoms with van der Waals surface area (Å²) in [6.45, 7) is 4.89. The summed E-state index contributed by atoms with van der Waals surface area (Å²) in [5, 5.41) is 1.08. The fourth-order valence-electron chi connectivity index (χ4n) is 2.95. The van der Waals surface area contributed by atoms with E-state index in [1.807, 2.05) is 24.8 Å². The van der Waals surface area contributed by atoms with E-state index in [-0.39, 0.29) is 5.91 Å². The number of amides is 1. The third kappa shape index (κ3) is 3.00. The molecular formula is C17H20N2OS. The molecule has 110 valence electrons. The van der Waals surface area contributed by atoms with Gasteiger partial charge in [0.1, 0.15) is 0 Å². The van der Waals surface area contributed by atoms with E-state index in [4.69, 9.17) is 0 Å². The van der Waals surface area contributed by atoms with Crippen LogP contribution >= 0.6 is 11.3 Å². The second kappa shape index (κ2) is 5.98. The lowest BCUT2D eigenvalue weighted by atomic mass is 10.0. The average molecular weight is 300 g/mol. The SMILES string of the molecule is Cc1nc(C)c(CCC(=O)N2CCCc3ccccc32)s1. The Bertz CT molecular complexity index is 663. The van der Waals surface area contributed by atoms with Crippen LogP contribution in [0, 0.1) is 13.8 Å². The molecule has 0 atom stereocenters. The molecular weight excluding hydrogens is 280 g/mol. The number of nitrogens with zero attached hydrogens (tertiary/aromatic N) is 2. The Morgan fingerprint density at radius 2 is 2.14 bits per heavy atom. The van der Waals surface area contributed by atoms with Crippen molar-refractivity contribution in [3.05, 3.63) is 45.4 Å². The van der Waals surface area contributed by atoms with Crippen molar-refractivity contribution in [2.24, 2.45) is 0 Å². The largest absolute Gasteiger partial charge is 0.312 e. The number of rotatable bonds is 3. The van der Waals surface area contributed by atoms with E-state index in [9.17, 15) is 4.79 Å². The zero-order valence-corrected chi connectivity index (χ0v) is 13.4. The normalized spacial score (nSPS) is 14.1. The van der Waals surface area contributed by atoms with Gasteiger partial charge in [0.05, 0.1) is 10.7 Å². The minimum Gasteiger partial charge on any atom is -0.312 e. The van der Waals surface area contributed by atoms with E-state index in [1.54, 1.807) is 11.3 Å². The molecule has 0 fully saturated rings. The monoisotopic (exact) mass is 300 g/mol. The van der Waals surface area contributed by atoms with Crippen LogP contribution in [0.2, 0.25) is 0 Å². The van der Waals surface area contributed by atoms with Gasteiger partial charge in [0.2, 0.25) is 5.91 Å². The third-order valence-corrected chi connectivity index (χ3v) is 5.11. The molecule has 2 aromatic rings. The first-order valence-electron chi connectivity index (χ1n) is 7.46. The summed E-state index contributed by atoms with van der Waals surface area (Å²) in [4.78, 5) is 20.2. The predicted molar refractivity (Wildman–Crippen MR) is 87.0 cm³/mol. The van der Waals surface area contributed by atoms with Crippen molar-refractivity contribution in [2.45, 2.75) is 39.5 Å². The molecule has 1 aromatic heterocycles. The Morgan fingerprint density at radius 1 is 1.33 bits per heavy atom. The van der Waals surface area contributed by atoms with Crippen molar-refractivity contribution in [2.75, 3.05) is 11.4 Å². The number of carbonyl (C=O) groups excluding carboxylic acids is 1. The zero-order chi connectivity index (χ0) is 14.8. The quantitative estimate of drug-likeness (QED) is 0.866. The number of aryl methyl sites for hydroxylation is 4. The number of thiazole rings is 1. The fraction of sp³-hybridized carbons (Fsp3) is 0.412. The Kier molecular flexibility index (Phi) is 4.06. The van der Waals surface area contributed by atoms with Crippen molar-refractivity contribution in [3.8, 4) is 0 Å². The van der Waals surface area contributed by atoms with Crippen LogP contribution in [0.25, 0.3) is 0 Å². The molecule has 1 aliphatic heterocycles. The van der Waals surface area contributed by atoms with Gasteiger partial charge >= 0.3 is 0 Å². The molecule has 0 unspecified atom stereocenters. The summed E-state index contributed by atoms with van der Waals surface area (Å²) >= 11 is 1.71. The van der Waals surface area contributed by atoms with Crippen LogP contribution in [0.5, 0.6) is 0 Å². The summed E-state index contributed by atoms with van der Waals surface area (Å²) in [7, 11) is 0. The smallest absolute Gasteiger partial charge is 0.227 e. The summed E-state index contributed by atoms with van der Waals surface area (Å²) in [5.74, 6) is 0.229. The van der Waals surface area contributed by atoms with E-state index < -0.39 is 0 Å². The summed E-state index contributed by atoms with van der Waals surface area (Å²) in [6.07, 6.45) is 3.50. The molecule has 3 rings (SSSR count). The molecule has 0 spiro atoms. The zero-order valence-electron chi connectivity index (χ0n) is 12.6. The number of anilines is 1. The highest BCUT2D eigenvalue weighted by Gasteiger charge is 2.22. The fourth-order valence-corrected chi connectivity index (χ4v) is 3.89. The van der Waals surface area contributed by atoms with Crippen LogP contribution in [0.3, 0.4) is 0 Å². The number of hydrogen-bond acceptors (Lipinski definition) is 3. The first kappa shape index (κ1) is 14.3. The first-order valence-corrected chi connectivity index (χ1v) is 8.28. The van der Waals surface area contributed by atoms with Crippen molar-refractivity contribution in [1.82, 2.24) is 4.98 Å². The van der Waals surface area contributed by atoms with Crippen LogP contribution in [0.15, 0.2) is 24.3 Å². The Hall–Kier alpha value is -1.68. The van der Waals surface area contributed by atoms with Gasteiger partial charge in [-0.1, -0.05) is 18.2 Å². The molecule has 1 aliphatic rings. The summed E-state index contributed by atoms with van der Waals surface area (Å²) < 4.78 is 0. The summed E-state index contributed by atoms with van der Waals surface area (Å²) in [5.41, 5.74) is 3.47. The van der Waals surface area contributed by atoms with Gasteiger partial charge in [-0.3, -0.25) is 4.79 Å². The minimum absolute atomic E-state index is 0.229. The van der Waals surface area contributed by atoms with Gasteiger partial charge in [0.15, 0.2) is 0 Å². The molecule has 21 heavy (non-hydrogen) atoms. The average Bonchev–Trinajstić information content (AvgIpc) is 2.82. The Balaban J connectivity index is 1.70. The maximum absolute atomic E-state index is 12.6. The molecule has 1 amide bonds. The molecule has 0 saturated heterocycles. The van der Waals surface area contributed by atoms with Crippen molar-refractivity contribution < 1.29 is 4.79 Å². The van der Waals surface area contributed by atoms with Crippen molar-refractivity contribution >= 4 is 22.9 Å². The predicted octanol–water partition coefficient (Wildman–Crippen LogP) is 3.67. The lowest BCUT2D eigenvalue weighted by Crippen LogP contribution is -2.35. The van der Waals surface area contributed by atoms with E-state index in [2.05, 4.69) is 23.2 Å². The van der Waals surface area contributed by atoms with E-state index in [1.165, 1.54) is 10.4 Å². The molecule has 2 heterocycles. The van der Waals surface area contributed by atoms with Crippen LogP contribution in [0.1, 0.15) is 34.0 Å². The van der Waals surface area contributed by atoms with E-state index >= 15 is 0 Å². The Labute approximate surface area is 129 Å². The van der Waals surface area contributed by atoms with Gasteiger partial charge in [-0.25, -0.2) is 4.98 Å². The molecule has 3 nitrogen and oxygen atoms in total. The molecule has 0 radical (unpaired) electrons. The minimum atomic E-state index is 0.229. The molecule has 0 N–H and O–H groups in total. The Morgan fingerprint density at radius 3 is 2.90 bits per heavy atom. The standard InChI is InChI=1S/C17H20N2OS/c1-12-16(21-13(2)18-12)9-10-17(20)19-11-5-7-14-6-3-4-8-15(14)19/h3-4,6,8H,5,7,9-11H2,1-2H3. The van der Waals surface area contributed by atoms with Crippen LogP contribution in [-0.4, -0.2) is 17.4 Å². The third-order valence-electron chi connectivity index (χ3n) is 3.98. The lowest BCUT2D eigenvalue weighted by molar-refractivity contribution is -0.118. The van der Waals surface area contributed by atoms with Crippen molar-refractivity contribution in [3.63, 3.8) is 0 Å². The number of para-hydroxylation sites is 1. The van der Waals surface area contributed by atoms with E-state index in [0.29, 0.717) is 6.42 Å². The number of fused-ring (bicyclic) bond motifs is 1. The lowest BCUT2D eigenvalue weighted by Gasteiger charge is -2.29. The second-order valence-corrected chi connectivity index (χ2v) is 6.81. The first-order chi connectivity index (χ1) is 10.1. The second-order valence-electron chi connectivity index (χ2n) is 5.52. The van der Waals surface area contributed by atoms with Gasteiger partial charge in [-0.2, -0.15) is 0 Å². The number of hydrogen-bond donors (Lipinski definition) is 0. The van der Waals surface area contributed by atoms with Gasteiger partial charge in [-0.15, -0.1) is 11.3 Å². The van der Waals surface area contributed by atoms with Gasteiger partial charge in [-0.05, 0) is 44.7 Å².